The van der Waals surface area contributed by atoms with Crippen molar-refractivity contribution in [2.45, 2.75) is 44.3 Å². The summed E-state index contributed by atoms with van der Waals surface area (Å²) in [5.41, 5.74) is 1.40. The summed E-state index contributed by atoms with van der Waals surface area (Å²) >= 11 is 0. The predicted octanol–water partition coefficient (Wildman–Crippen LogP) is 3.86. The number of piperidine rings is 1. The first-order chi connectivity index (χ1) is 14.8. The van der Waals surface area contributed by atoms with Crippen molar-refractivity contribution in [2.24, 2.45) is 4.99 Å². The van der Waals surface area contributed by atoms with E-state index >= 15 is 0 Å². The molecular weight excluding hydrogens is 501 g/mol. The third-order valence-electron chi connectivity index (χ3n) is 6.32. The lowest BCUT2D eigenvalue weighted by Gasteiger charge is -2.33. The molecular formula is C24H36IN5O. The molecule has 1 unspecified atom stereocenters. The highest BCUT2D eigenvalue weighted by molar-refractivity contribution is 14.0. The van der Waals surface area contributed by atoms with Crippen molar-refractivity contribution in [1.82, 2.24) is 20.4 Å². The molecule has 2 aliphatic heterocycles. The van der Waals surface area contributed by atoms with Gasteiger partial charge >= 0.3 is 0 Å². The van der Waals surface area contributed by atoms with Crippen LogP contribution in [0.4, 0.5) is 0 Å². The van der Waals surface area contributed by atoms with E-state index in [1.807, 2.05) is 13.1 Å². The van der Waals surface area contributed by atoms with Gasteiger partial charge < -0.3 is 15.1 Å². The molecule has 2 aliphatic rings. The zero-order valence-electron chi connectivity index (χ0n) is 18.5. The molecule has 2 aromatic rings. The lowest BCUT2D eigenvalue weighted by molar-refractivity contribution is 0.197. The van der Waals surface area contributed by atoms with Gasteiger partial charge in [0.15, 0.2) is 5.96 Å². The van der Waals surface area contributed by atoms with E-state index in [-0.39, 0.29) is 30.0 Å². The van der Waals surface area contributed by atoms with Crippen LogP contribution in [0.15, 0.2) is 58.1 Å². The topological polar surface area (TPSA) is 56.0 Å². The van der Waals surface area contributed by atoms with Gasteiger partial charge in [0.1, 0.15) is 5.76 Å². The van der Waals surface area contributed by atoms with Crippen LogP contribution in [-0.4, -0.2) is 61.6 Å². The van der Waals surface area contributed by atoms with E-state index in [4.69, 9.17) is 4.42 Å². The van der Waals surface area contributed by atoms with E-state index in [1.54, 1.807) is 6.26 Å². The Morgan fingerprint density at radius 1 is 1.06 bits per heavy atom. The molecule has 0 aliphatic carbocycles. The number of nitrogens with one attached hydrogen (secondary N) is 2. The van der Waals surface area contributed by atoms with E-state index in [2.05, 4.69) is 61.8 Å². The molecule has 0 amide bonds. The minimum Gasteiger partial charge on any atom is -0.468 e. The fraction of sp³-hybridized carbons (Fsp3) is 0.542. The van der Waals surface area contributed by atoms with Gasteiger partial charge in [-0.3, -0.25) is 14.8 Å². The van der Waals surface area contributed by atoms with Crippen LogP contribution in [0.25, 0.3) is 0 Å². The summed E-state index contributed by atoms with van der Waals surface area (Å²) in [6, 6.07) is 15.6. The predicted molar refractivity (Wildman–Crippen MR) is 137 cm³/mol. The van der Waals surface area contributed by atoms with Crippen LogP contribution in [0.1, 0.15) is 43.0 Å². The van der Waals surface area contributed by atoms with Crippen LogP contribution < -0.4 is 10.6 Å². The quantitative estimate of drug-likeness (QED) is 0.319. The Labute approximate surface area is 203 Å². The number of furan rings is 1. The number of guanidine groups is 1. The molecule has 2 N–H and O–H groups in total. The third-order valence-corrected chi connectivity index (χ3v) is 6.32. The molecule has 0 bridgehead atoms. The fourth-order valence-electron chi connectivity index (χ4n) is 4.60. The van der Waals surface area contributed by atoms with E-state index in [0.717, 1.165) is 63.8 Å². The summed E-state index contributed by atoms with van der Waals surface area (Å²) in [6.45, 7) is 6.36. The number of likely N-dealkylation sites (tertiary alicyclic amines) is 2. The van der Waals surface area contributed by atoms with Crippen LogP contribution in [0, 0.1) is 0 Å². The molecule has 0 saturated carbocycles. The van der Waals surface area contributed by atoms with Gasteiger partial charge in [-0.05, 0) is 56.5 Å². The van der Waals surface area contributed by atoms with E-state index in [1.165, 1.54) is 18.4 Å². The Morgan fingerprint density at radius 3 is 2.45 bits per heavy atom. The van der Waals surface area contributed by atoms with Crippen molar-refractivity contribution in [2.75, 3.05) is 39.8 Å². The first kappa shape index (κ1) is 24.1. The number of hydrogen-bond acceptors (Lipinski definition) is 4. The summed E-state index contributed by atoms with van der Waals surface area (Å²) in [4.78, 5) is 9.54. The summed E-state index contributed by atoms with van der Waals surface area (Å²) in [7, 11) is 1.86. The molecule has 0 spiro atoms. The average molecular weight is 537 g/mol. The number of rotatable bonds is 7. The Kier molecular flexibility index (Phi) is 9.67. The van der Waals surface area contributed by atoms with Crippen LogP contribution in [-0.2, 0) is 6.54 Å². The van der Waals surface area contributed by atoms with Crippen LogP contribution in [0.3, 0.4) is 0 Å². The van der Waals surface area contributed by atoms with E-state index in [0.29, 0.717) is 6.04 Å². The molecule has 7 heteroatoms. The van der Waals surface area contributed by atoms with Crippen molar-refractivity contribution >= 4 is 29.9 Å². The Hall–Kier alpha value is -1.58. The van der Waals surface area contributed by atoms with Crippen LogP contribution >= 0.6 is 24.0 Å². The summed E-state index contributed by atoms with van der Waals surface area (Å²) < 4.78 is 5.74. The molecule has 0 radical (unpaired) electrons. The third kappa shape index (κ3) is 6.95. The minimum atomic E-state index is 0. The smallest absolute Gasteiger partial charge is 0.191 e. The molecule has 1 atom stereocenters. The molecule has 1 aromatic heterocycles. The second-order valence-electron chi connectivity index (χ2n) is 8.41. The Bertz CT molecular complexity index is 769. The molecule has 31 heavy (non-hydrogen) atoms. The highest BCUT2D eigenvalue weighted by atomic mass is 127. The standard InChI is InChI=1S/C24H35N5O.HI/c1-25-24(26-18-22(23-10-7-17-30-23)29-13-5-6-14-29)27-21-11-15-28(16-12-21)19-20-8-3-2-4-9-20;/h2-4,7-10,17,21-22H,5-6,11-16,18-19H2,1H3,(H2,25,26,27);1H. The summed E-state index contributed by atoms with van der Waals surface area (Å²) in [6.07, 6.45) is 6.59. The number of hydrogen-bond donors (Lipinski definition) is 2. The van der Waals surface area contributed by atoms with Crippen molar-refractivity contribution in [3.63, 3.8) is 0 Å². The average Bonchev–Trinajstić information content (AvgIpc) is 3.50. The van der Waals surface area contributed by atoms with Crippen LogP contribution in [0.5, 0.6) is 0 Å². The fourth-order valence-corrected chi connectivity index (χ4v) is 4.60. The summed E-state index contributed by atoms with van der Waals surface area (Å²) in [5.74, 6) is 1.93. The first-order valence-electron chi connectivity index (χ1n) is 11.3. The zero-order valence-corrected chi connectivity index (χ0v) is 20.8. The van der Waals surface area contributed by atoms with E-state index < -0.39 is 0 Å². The minimum absolute atomic E-state index is 0. The van der Waals surface area contributed by atoms with Crippen molar-refractivity contribution in [1.29, 1.82) is 0 Å². The van der Waals surface area contributed by atoms with Gasteiger partial charge in [-0.2, -0.15) is 0 Å². The summed E-state index contributed by atoms with van der Waals surface area (Å²) in [5, 5.41) is 7.20. The maximum absolute atomic E-state index is 5.74. The Morgan fingerprint density at radius 2 is 1.81 bits per heavy atom. The molecule has 2 fully saturated rings. The zero-order chi connectivity index (χ0) is 20.6. The number of halogens is 1. The monoisotopic (exact) mass is 537 g/mol. The largest absolute Gasteiger partial charge is 0.468 e. The van der Waals surface area contributed by atoms with Gasteiger partial charge in [0.2, 0.25) is 0 Å². The highest BCUT2D eigenvalue weighted by Gasteiger charge is 2.26. The second kappa shape index (κ2) is 12.5. The van der Waals surface area contributed by atoms with Crippen molar-refractivity contribution in [3.05, 3.63) is 60.1 Å². The number of aliphatic imine (C=N–C) groups is 1. The molecule has 6 nitrogen and oxygen atoms in total. The van der Waals surface area contributed by atoms with Gasteiger partial charge in [0.25, 0.3) is 0 Å². The number of nitrogens with zero attached hydrogens (tertiary/aromatic N) is 3. The maximum Gasteiger partial charge on any atom is 0.191 e. The molecule has 2 saturated heterocycles. The molecule has 170 valence electrons. The van der Waals surface area contributed by atoms with Gasteiger partial charge in [-0.15, -0.1) is 24.0 Å². The van der Waals surface area contributed by atoms with Gasteiger partial charge in [0, 0.05) is 39.3 Å². The maximum atomic E-state index is 5.74. The highest BCUT2D eigenvalue weighted by Crippen LogP contribution is 2.24. The molecule has 4 rings (SSSR count). The molecule has 1 aromatic carbocycles. The lowest BCUT2D eigenvalue weighted by atomic mass is 10.0. The van der Waals surface area contributed by atoms with Gasteiger partial charge in [0.05, 0.1) is 12.3 Å². The first-order valence-corrected chi connectivity index (χ1v) is 11.3. The van der Waals surface area contributed by atoms with Crippen molar-refractivity contribution < 1.29 is 4.42 Å². The lowest BCUT2D eigenvalue weighted by Crippen LogP contribution is -2.49. The SMILES string of the molecule is CN=C(NCC(c1ccco1)N1CCCC1)NC1CCN(Cc2ccccc2)CC1.I. The Balaban J connectivity index is 0.00000272. The van der Waals surface area contributed by atoms with E-state index in [9.17, 15) is 0 Å². The molecule has 3 heterocycles. The van der Waals surface area contributed by atoms with Gasteiger partial charge in [-0.25, -0.2) is 0 Å². The van der Waals surface area contributed by atoms with Crippen LogP contribution in [0.2, 0.25) is 0 Å². The van der Waals surface area contributed by atoms with Crippen molar-refractivity contribution in [3.8, 4) is 0 Å². The number of benzene rings is 1. The van der Waals surface area contributed by atoms with Gasteiger partial charge in [-0.1, -0.05) is 30.3 Å². The second-order valence-corrected chi connectivity index (χ2v) is 8.41. The normalized spacial score (nSPS) is 19.7.